The molecule has 0 aromatic heterocycles. The van der Waals surface area contributed by atoms with Crippen molar-refractivity contribution in [3.63, 3.8) is 0 Å². The summed E-state index contributed by atoms with van der Waals surface area (Å²) in [6, 6.07) is 0. The molecule has 0 N–H and O–H groups in total. The average molecular weight is 307 g/mol. The van der Waals surface area contributed by atoms with E-state index in [1.807, 2.05) is 0 Å². The Labute approximate surface area is 133 Å². The molecule has 2 aliphatic rings. The Morgan fingerprint density at radius 3 is 2.48 bits per heavy atom. The maximum atomic E-state index is 6.76. The lowest BCUT2D eigenvalue weighted by Crippen LogP contribution is -2.45. The topological polar surface area (TPSA) is 9.23 Å². The van der Waals surface area contributed by atoms with Crippen molar-refractivity contribution in [3.8, 4) is 0 Å². The first-order chi connectivity index (χ1) is 9.55. The average Bonchev–Trinajstić information content (AvgIpc) is 2.46. The third kappa shape index (κ3) is 3.53. The van der Waals surface area contributed by atoms with Crippen molar-refractivity contribution in [1.82, 2.24) is 0 Å². The van der Waals surface area contributed by atoms with Crippen LogP contribution in [0, 0.1) is 5.41 Å². The molecule has 120 valence electrons. The lowest BCUT2D eigenvalue weighted by atomic mass is 9.69. The minimum absolute atomic E-state index is 0.304. The minimum Gasteiger partial charge on any atom is -0.414 e. The molecule has 21 heavy (non-hydrogen) atoms. The Kier molecular flexibility index (Phi) is 4.62. The third-order valence-electron chi connectivity index (χ3n) is 6.00. The van der Waals surface area contributed by atoms with Crippen LogP contribution in [-0.4, -0.2) is 14.4 Å². The van der Waals surface area contributed by atoms with E-state index >= 15 is 0 Å². The van der Waals surface area contributed by atoms with E-state index in [0.29, 0.717) is 16.6 Å². The highest BCUT2D eigenvalue weighted by atomic mass is 28.4. The summed E-state index contributed by atoms with van der Waals surface area (Å²) in [7, 11) is -1.66. The van der Waals surface area contributed by atoms with E-state index in [1.165, 1.54) is 37.7 Å². The number of fused-ring (bicyclic) bond motifs is 1. The second kappa shape index (κ2) is 5.70. The molecule has 0 heterocycles. The Morgan fingerprint density at radius 1 is 1.19 bits per heavy atom. The molecule has 2 heteroatoms. The van der Waals surface area contributed by atoms with Crippen LogP contribution in [-0.2, 0) is 4.43 Å². The molecule has 0 bridgehead atoms. The Morgan fingerprint density at radius 2 is 1.86 bits per heavy atom. The molecule has 2 aliphatic carbocycles. The van der Waals surface area contributed by atoms with Gasteiger partial charge in [-0.3, -0.25) is 0 Å². The van der Waals surface area contributed by atoms with Crippen LogP contribution >= 0.6 is 0 Å². The maximum absolute atomic E-state index is 6.76. The van der Waals surface area contributed by atoms with Gasteiger partial charge in [0.2, 0.25) is 0 Å². The number of rotatable bonds is 2. The van der Waals surface area contributed by atoms with Gasteiger partial charge >= 0.3 is 0 Å². The zero-order chi connectivity index (χ0) is 15.9. The summed E-state index contributed by atoms with van der Waals surface area (Å²) < 4.78 is 6.76. The van der Waals surface area contributed by atoms with Crippen LogP contribution in [0.5, 0.6) is 0 Å². The van der Waals surface area contributed by atoms with Gasteiger partial charge < -0.3 is 4.43 Å². The molecule has 0 radical (unpaired) electrons. The van der Waals surface area contributed by atoms with Crippen molar-refractivity contribution >= 4 is 8.32 Å². The van der Waals surface area contributed by atoms with Crippen molar-refractivity contribution in [3.05, 3.63) is 23.3 Å². The number of hydrogen-bond donors (Lipinski definition) is 0. The molecule has 2 atom stereocenters. The van der Waals surface area contributed by atoms with Gasteiger partial charge in [0.25, 0.3) is 0 Å². The predicted molar refractivity (Wildman–Crippen MR) is 95.1 cm³/mol. The molecule has 0 fully saturated rings. The first kappa shape index (κ1) is 17.0. The van der Waals surface area contributed by atoms with E-state index in [1.54, 1.807) is 5.57 Å². The molecule has 0 aromatic rings. The Hall–Kier alpha value is -0.343. The fourth-order valence-corrected chi connectivity index (χ4v) is 5.05. The normalized spacial score (nSPS) is 31.1. The van der Waals surface area contributed by atoms with Gasteiger partial charge in [-0.2, -0.15) is 0 Å². The van der Waals surface area contributed by atoms with Gasteiger partial charge in [-0.15, -0.1) is 0 Å². The van der Waals surface area contributed by atoms with Gasteiger partial charge in [0.05, 0.1) is 0 Å². The van der Waals surface area contributed by atoms with Crippen LogP contribution in [0.2, 0.25) is 18.1 Å². The second-order valence-corrected chi connectivity index (χ2v) is 13.6. The van der Waals surface area contributed by atoms with E-state index in [0.717, 1.165) is 0 Å². The highest BCUT2D eigenvalue weighted by Gasteiger charge is 2.42. The number of allylic oxidation sites excluding steroid dienone is 4. The van der Waals surface area contributed by atoms with Gasteiger partial charge in [0, 0.05) is 6.10 Å². The quantitative estimate of drug-likeness (QED) is 0.549. The molecule has 0 amide bonds. The van der Waals surface area contributed by atoms with Crippen LogP contribution in [0.4, 0.5) is 0 Å². The predicted octanol–water partition coefficient (Wildman–Crippen LogP) is 6.23. The Balaban J connectivity index is 2.16. The van der Waals surface area contributed by atoms with Crippen molar-refractivity contribution in [1.29, 1.82) is 0 Å². The molecule has 1 nitrogen and oxygen atoms in total. The third-order valence-corrected chi connectivity index (χ3v) is 10.5. The molecule has 0 saturated carbocycles. The van der Waals surface area contributed by atoms with Crippen molar-refractivity contribution in [2.75, 3.05) is 0 Å². The van der Waals surface area contributed by atoms with E-state index in [4.69, 9.17) is 4.43 Å². The first-order valence-corrected chi connectivity index (χ1v) is 11.5. The van der Waals surface area contributed by atoms with Gasteiger partial charge in [0.15, 0.2) is 8.32 Å². The monoisotopic (exact) mass is 306 g/mol. The molecule has 0 saturated heterocycles. The summed E-state index contributed by atoms with van der Waals surface area (Å²) in [5.41, 5.74) is 3.45. The molecular formula is C19H34OSi. The molecule has 0 aliphatic heterocycles. The van der Waals surface area contributed by atoms with E-state index < -0.39 is 8.32 Å². The van der Waals surface area contributed by atoms with Crippen LogP contribution in [0.25, 0.3) is 0 Å². The minimum atomic E-state index is -1.66. The second-order valence-electron chi connectivity index (χ2n) is 8.89. The van der Waals surface area contributed by atoms with Crippen LogP contribution in [0.1, 0.15) is 66.7 Å². The fourth-order valence-electron chi connectivity index (χ4n) is 3.66. The molecular weight excluding hydrogens is 272 g/mol. The summed E-state index contributed by atoms with van der Waals surface area (Å²) in [5.74, 6) is 0. The molecule has 0 aromatic carbocycles. The number of hydrogen-bond acceptors (Lipinski definition) is 1. The lowest BCUT2D eigenvalue weighted by molar-refractivity contribution is 0.122. The standard InChI is InChI=1S/C19H34OSi/c1-15-10-9-13-19(5)14-16(11-8-12-17(15)19)20-21(6,7)18(2,3)4/h10,12,16H,8-9,11,13-14H2,1-7H3/t16-,19-/m0/s1. The van der Waals surface area contributed by atoms with Crippen LogP contribution in [0.3, 0.4) is 0 Å². The highest BCUT2D eigenvalue weighted by Crippen LogP contribution is 2.48. The summed E-state index contributed by atoms with van der Waals surface area (Å²) in [6.07, 6.45) is 11.4. The SMILES string of the molecule is CC1=CCC[C@@]2(C)C[C@@H](O[Si](C)(C)C(C)(C)C)CCC=C12. The van der Waals surface area contributed by atoms with Gasteiger partial charge in [-0.1, -0.05) is 45.4 Å². The van der Waals surface area contributed by atoms with Gasteiger partial charge in [-0.05, 0) is 68.1 Å². The maximum Gasteiger partial charge on any atom is 0.192 e. The van der Waals surface area contributed by atoms with Crippen molar-refractivity contribution in [2.24, 2.45) is 5.41 Å². The van der Waals surface area contributed by atoms with E-state index in [2.05, 4.69) is 59.9 Å². The zero-order valence-electron chi connectivity index (χ0n) is 15.2. The smallest absolute Gasteiger partial charge is 0.192 e. The van der Waals surface area contributed by atoms with Crippen LogP contribution < -0.4 is 0 Å². The highest BCUT2D eigenvalue weighted by molar-refractivity contribution is 6.74. The molecule has 0 spiro atoms. The summed E-state index contributed by atoms with van der Waals surface area (Å²) >= 11 is 0. The zero-order valence-corrected chi connectivity index (χ0v) is 16.2. The van der Waals surface area contributed by atoms with Gasteiger partial charge in [-0.25, -0.2) is 0 Å². The summed E-state index contributed by atoms with van der Waals surface area (Å²) in [5, 5.41) is 0.304. The largest absolute Gasteiger partial charge is 0.414 e. The van der Waals surface area contributed by atoms with E-state index in [9.17, 15) is 0 Å². The van der Waals surface area contributed by atoms with Crippen LogP contribution in [0.15, 0.2) is 23.3 Å². The Bertz CT molecular complexity index is 453. The lowest BCUT2D eigenvalue weighted by Gasteiger charge is -2.42. The summed E-state index contributed by atoms with van der Waals surface area (Å²) in [4.78, 5) is 0. The fraction of sp³-hybridized carbons (Fsp3) is 0.789. The van der Waals surface area contributed by atoms with Gasteiger partial charge in [0.1, 0.15) is 0 Å². The first-order valence-electron chi connectivity index (χ1n) is 8.61. The molecule has 2 rings (SSSR count). The molecule has 0 unspecified atom stereocenters. The van der Waals surface area contributed by atoms with E-state index in [-0.39, 0.29) is 0 Å². The van der Waals surface area contributed by atoms with Crippen molar-refractivity contribution < 1.29 is 4.43 Å². The van der Waals surface area contributed by atoms with Crippen molar-refractivity contribution in [2.45, 2.75) is 91.0 Å². The summed E-state index contributed by atoms with van der Waals surface area (Å²) in [6.45, 7) is 16.6.